The molecule has 0 amide bonds. The first-order valence-electron chi connectivity index (χ1n) is 8.30. The van der Waals surface area contributed by atoms with Crippen LogP contribution in [0.3, 0.4) is 0 Å². The maximum Gasteiger partial charge on any atom is 0.0360 e. The zero-order valence-electron chi connectivity index (χ0n) is 12.3. The largest absolute Gasteiger partial charge is 0.399 e. The maximum atomic E-state index is 5.84. The molecule has 4 aliphatic carbocycles. The molecule has 0 radical (unpaired) electrons. The van der Waals surface area contributed by atoms with E-state index in [1.54, 1.807) is 19.3 Å². The number of anilines is 2. The van der Waals surface area contributed by atoms with Crippen LogP contribution >= 0.6 is 0 Å². The summed E-state index contributed by atoms with van der Waals surface area (Å²) in [5.74, 6) is 3.19. The first-order valence-corrected chi connectivity index (χ1v) is 8.30. The van der Waals surface area contributed by atoms with Crippen LogP contribution < -0.4 is 11.1 Å². The quantitative estimate of drug-likeness (QED) is 0.801. The fraction of sp³-hybridized carbons (Fsp3) is 0.667. The standard InChI is InChI=1S/C18H26N2/c19-16-2-1-3-17(9-16)20-5-4-18-10-13-6-14(11-18)8-15(7-13)12-18/h1-3,9,13-15,20H,4-8,10-12,19H2. The van der Waals surface area contributed by atoms with Crippen molar-refractivity contribution in [2.75, 3.05) is 17.6 Å². The Morgan fingerprint density at radius 3 is 2.30 bits per heavy atom. The molecule has 20 heavy (non-hydrogen) atoms. The second-order valence-corrected chi connectivity index (χ2v) is 7.72. The van der Waals surface area contributed by atoms with Crippen LogP contribution in [0.5, 0.6) is 0 Å². The van der Waals surface area contributed by atoms with E-state index in [4.69, 9.17) is 5.73 Å². The molecule has 0 aliphatic heterocycles. The van der Waals surface area contributed by atoms with E-state index in [2.05, 4.69) is 11.4 Å². The van der Waals surface area contributed by atoms with E-state index in [9.17, 15) is 0 Å². The van der Waals surface area contributed by atoms with Crippen molar-refractivity contribution >= 4 is 11.4 Å². The maximum absolute atomic E-state index is 5.84. The molecule has 0 atom stereocenters. The Labute approximate surface area is 122 Å². The molecule has 0 heterocycles. The summed E-state index contributed by atoms with van der Waals surface area (Å²) in [6, 6.07) is 8.14. The minimum Gasteiger partial charge on any atom is -0.399 e. The van der Waals surface area contributed by atoms with E-state index >= 15 is 0 Å². The Hall–Kier alpha value is -1.18. The summed E-state index contributed by atoms with van der Waals surface area (Å²) < 4.78 is 0. The topological polar surface area (TPSA) is 38.0 Å². The van der Waals surface area contributed by atoms with Crippen LogP contribution in [-0.4, -0.2) is 6.54 Å². The van der Waals surface area contributed by atoms with E-state index in [0.29, 0.717) is 5.41 Å². The highest BCUT2D eigenvalue weighted by molar-refractivity contribution is 5.53. The fourth-order valence-electron chi connectivity index (χ4n) is 5.72. The first kappa shape index (κ1) is 12.6. The van der Waals surface area contributed by atoms with Crippen molar-refractivity contribution in [3.63, 3.8) is 0 Å². The first-order chi connectivity index (χ1) is 9.71. The van der Waals surface area contributed by atoms with Gasteiger partial charge in [-0.25, -0.2) is 0 Å². The molecule has 1 aromatic carbocycles. The van der Waals surface area contributed by atoms with Crippen LogP contribution in [0.15, 0.2) is 24.3 Å². The number of benzene rings is 1. The highest BCUT2D eigenvalue weighted by Gasteiger charge is 2.50. The van der Waals surface area contributed by atoms with E-state index in [1.165, 1.54) is 31.4 Å². The molecule has 2 heteroatoms. The van der Waals surface area contributed by atoms with Crippen molar-refractivity contribution in [1.29, 1.82) is 0 Å². The van der Waals surface area contributed by atoms with E-state index in [0.717, 1.165) is 30.0 Å². The van der Waals surface area contributed by atoms with Crippen molar-refractivity contribution in [3.05, 3.63) is 24.3 Å². The summed E-state index contributed by atoms with van der Waals surface area (Å²) in [6.45, 7) is 1.11. The molecule has 0 unspecified atom stereocenters. The molecule has 0 saturated heterocycles. The number of nitrogen functional groups attached to an aromatic ring is 1. The molecule has 0 spiro atoms. The van der Waals surface area contributed by atoms with Gasteiger partial charge >= 0.3 is 0 Å². The second kappa shape index (κ2) is 4.68. The molecule has 2 nitrogen and oxygen atoms in total. The molecule has 0 aromatic heterocycles. The summed E-state index contributed by atoms with van der Waals surface area (Å²) in [5.41, 5.74) is 8.55. The fourth-order valence-corrected chi connectivity index (χ4v) is 5.72. The molecule has 108 valence electrons. The van der Waals surface area contributed by atoms with Gasteiger partial charge in [0.25, 0.3) is 0 Å². The number of hydrogen-bond donors (Lipinski definition) is 2. The lowest BCUT2D eigenvalue weighted by atomic mass is 9.49. The second-order valence-electron chi connectivity index (χ2n) is 7.72. The third-order valence-corrected chi connectivity index (χ3v) is 6.04. The Morgan fingerprint density at radius 2 is 1.70 bits per heavy atom. The van der Waals surface area contributed by atoms with Gasteiger partial charge in [-0.3, -0.25) is 0 Å². The van der Waals surface area contributed by atoms with Crippen LogP contribution in [0.2, 0.25) is 0 Å². The van der Waals surface area contributed by atoms with Crippen LogP contribution in [0.1, 0.15) is 44.9 Å². The van der Waals surface area contributed by atoms with Gasteiger partial charge in [-0.15, -0.1) is 0 Å². The summed E-state index contributed by atoms with van der Waals surface area (Å²) >= 11 is 0. The lowest BCUT2D eigenvalue weighted by molar-refractivity contribution is -0.0552. The zero-order valence-corrected chi connectivity index (χ0v) is 12.3. The SMILES string of the molecule is Nc1cccc(NCCC23CC4CC(CC(C4)C2)C3)c1. The van der Waals surface area contributed by atoms with Gasteiger partial charge in [0.05, 0.1) is 0 Å². The van der Waals surface area contributed by atoms with Gasteiger partial charge in [0, 0.05) is 17.9 Å². The summed E-state index contributed by atoms with van der Waals surface area (Å²) in [7, 11) is 0. The highest BCUT2D eigenvalue weighted by atomic mass is 14.9. The molecule has 4 bridgehead atoms. The minimum atomic E-state index is 0.683. The van der Waals surface area contributed by atoms with Crippen LogP contribution in [-0.2, 0) is 0 Å². The van der Waals surface area contributed by atoms with Gasteiger partial charge < -0.3 is 11.1 Å². The van der Waals surface area contributed by atoms with E-state index in [-0.39, 0.29) is 0 Å². The smallest absolute Gasteiger partial charge is 0.0360 e. The predicted octanol–water partition coefficient (Wildman–Crippen LogP) is 4.29. The normalized spacial score (nSPS) is 38.1. The van der Waals surface area contributed by atoms with Crippen molar-refractivity contribution < 1.29 is 0 Å². The average Bonchev–Trinajstić information content (AvgIpc) is 2.36. The predicted molar refractivity (Wildman–Crippen MR) is 84.6 cm³/mol. The lowest BCUT2D eigenvalue weighted by Crippen LogP contribution is -2.46. The Bertz CT molecular complexity index is 459. The average molecular weight is 270 g/mol. The van der Waals surface area contributed by atoms with Crippen molar-refractivity contribution in [1.82, 2.24) is 0 Å². The van der Waals surface area contributed by atoms with Gasteiger partial charge in [0.1, 0.15) is 0 Å². The number of nitrogens with two attached hydrogens (primary N) is 1. The van der Waals surface area contributed by atoms with Crippen molar-refractivity contribution in [2.45, 2.75) is 44.9 Å². The molecular formula is C18H26N2. The Morgan fingerprint density at radius 1 is 1.05 bits per heavy atom. The van der Waals surface area contributed by atoms with Gasteiger partial charge in [0.15, 0.2) is 0 Å². The van der Waals surface area contributed by atoms with Crippen LogP contribution in [0.25, 0.3) is 0 Å². The van der Waals surface area contributed by atoms with Gasteiger partial charge in [0.2, 0.25) is 0 Å². The van der Waals surface area contributed by atoms with Crippen LogP contribution in [0, 0.1) is 23.2 Å². The third kappa shape index (κ3) is 2.30. The van der Waals surface area contributed by atoms with Crippen LogP contribution in [0.4, 0.5) is 11.4 Å². The number of hydrogen-bond acceptors (Lipinski definition) is 2. The molecule has 4 fully saturated rings. The van der Waals surface area contributed by atoms with E-state index < -0.39 is 0 Å². The summed E-state index contributed by atoms with van der Waals surface area (Å²) in [5, 5.41) is 3.58. The Kier molecular flexibility index (Phi) is 2.94. The lowest BCUT2D eigenvalue weighted by Gasteiger charge is -2.57. The van der Waals surface area contributed by atoms with Gasteiger partial charge in [-0.1, -0.05) is 6.07 Å². The molecule has 4 aliphatic rings. The number of nitrogens with one attached hydrogen (secondary N) is 1. The number of rotatable bonds is 4. The van der Waals surface area contributed by atoms with Gasteiger partial charge in [-0.2, -0.15) is 0 Å². The van der Waals surface area contributed by atoms with E-state index in [1.807, 2.05) is 18.2 Å². The minimum absolute atomic E-state index is 0.683. The summed E-state index contributed by atoms with van der Waals surface area (Å²) in [6.07, 6.45) is 10.5. The third-order valence-electron chi connectivity index (χ3n) is 6.04. The monoisotopic (exact) mass is 270 g/mol. The van der Waals surface area contributed by atoms with Crippen molar-refractivity contribution in [3.8, 4) is 0 Å². The molecule has 1 aromatic rings. The molecular weight excluding hydrogens is 244 g/mol. The molecule has 3 N–H and O–H groups in total. The zero-order chi connectivity index (χ0) is 13.6. The molecule has 5 rings (SSSR count). The highest BCUT2D eigenvalue weighted by Crippen LogP contribution is 2.61. The van der Waals surface area contributed by atoms with Crippen molar-refractivity contribution in [2.24, 2.45) is 23.2 Å². The van der Waals surface area contributed by atoms with Gasteiger partial charge in [-0.05, 0) is 86.3 Å². The molecule has 4 saturated carbocycles. The Balaban J connectivity index is 1.37. The summed E-state index contributed by atoms with van der Waals surface area (Å²) in [4.78, 5) is 0.